The van der Waals surface area contributed by atoms with Crippen molar-refractivity contribution in [2.45, 2.75) is 11.8 Å². The number of ether oxygens (including phenoxy) is 1. The number of esters is 1. The zero-order chi connectivity index (χ0) is 22.6. The fraction of sp³-hybridized carbons (Fsp3) is 0.217. The largest absolute Gasteiger partial charge is 0.452 e. The molecule has 0 spiro atoms. The van der Waals surface area contributed by atoms with Crippen LogP contribution in [-0.2, 0) is 19.6 Å². The molecule has 0 aliphatic rings. The predicted octanol–water partition coefficient (Wildman–Crippen LogP) is 3.30. The Hall–Kier alpha value is -3.23. The molecular weight excluding hydrogens is 416 g/mol. The molecule has 0 atom stereocenters. The first-order valence-corrected chi connectivity index (χ1v) is 11.2. The Morgan fingerprint density at radius 3 is 2.32 bits per heavy atom. The van der Waals surface area contributed by atoms with Crippen molar-refractivity contribution in [1.29, 1.82) is 0 Å². The van der Waals surface area contributed by atoms with E-state index >= 15 is 0 Å². The molecule has 0 heterocycles. The molecule has 0 N–H and O–H groups in total. The van der Waals surface area contributed by atoms with E-state index < -0.39 is 22.6 Å². The molecule has 8 heteroatoms. The number of amides is 1. The first kappa shape index (κ1) is 22.5. The first-order valence-electron chi connectivity index (χ1n) is 9.73. The number of rotatable bonds is 7. The Bertz CT molecular complexity index is 1220. The number of fused-ring (bicyclic) bond motifs is 1. The summed E-state index contributed by atoms with van der Waals surface area (Å²) in [5.41, 5.74) is 0.796. The minimum Gasteiger partial charge on any atom is -0.452 e. The van der Waals surface area contributed by atoms with E-state index in [2.05, 4.69) is 0 Å². The summed E-state index contributed by atoms with van der Waals surface area (Å²) in [6.45, 7) is 1.79. The second-order valence-corrected chi connectivity index (χ2v) is 9.18. The highest BCUT2D eigenvalue weighted by Gasteiger charge is 2.21. The maximum absolute atomic E-state index is 12.8. The van der Waals surface area contributed by atoms with Crippen molar-refractivity contribution in [2.24, 2.45) is 0 Å². The molecule has 0 saturated heterocycles. The molecule has 31 heavy (non-hydrogen) atoms. The van der Waals surface area contributed by atoms with E-state index in [1.54, 1.807) is 4.90 Å². The predicted molar refractivity (Wildman–Crippen MR) is 120 cm³/mol. The molecular formula is C23H24N2O5S. The average molecular weight is 441 g/mol. The van der Waals surface area contributed by atoms with Gasteiger partial charge in [-0.1, -0.05) is 42.5 Å². The number of hydrogen-bond donors (Lipinski definition) is 0. The first-order chi connectivity index (χ1) is 14.8. The van der Waals surface area contributed by atoms with Gasteiger partial charge in [0.1, 0.15) is 0 Å². The van der Waals surface area contributed by atoms with Crippen LogP contribution in [0, 0.1) is 0 Å². The van der Waals surface area contributed by atoms with Gasteiger partial charge in [-0.25, -0.2) is 17.5 Å². The topological polar surface area (TPSA) is 84.0 Å². The van der Waals surface area contributed by atoms with Gasteiger partial charge >= 0.3 is 5.97 Å². The van der Waals surface area contributed by atoms with Crippen LogP contribution < -0.4 is 4.90 Å². The van der Waals surface area contributed by atoms with Crippen LogP contribution in [0.5, 0.6) is 0 Å². The van der Waals surface area contributed by atoms with Gasteiger partial charge in [-0.2, -0.15) is 0 Å². The normalized spacial score (nSPS) is 11.5. The summed E-state index contributed by atoms with van der Waals surface area (Å²) in [5, 5.41) is 1.93. The third-order valence-corrected chi connectivity index (χ3v) is 6.66. The molecule has 7 nitrogen and oxygen atoms in total. The highest BCUT2D eigenvalue weighted by Crippen LogP contribution is 2.26. The number of benzene rings is 3. The van der Waals surface area contributed by atoms with Crippen molar-refractivity contribution in [3.63, 3.8) is 0 Å². The minimum atomic E-state index is -3.69. The highest BCUT2D eigenvalue weighted by molar-refractivity contribution is 7.89. The molecule has 0 aliphatic carbocycles. The van der Waals surface area contributed by atoms with Crippen molar-refractivity contribution >= 4 is 38.4 Å². The Balaban J connectivity index is 1.76. The van der Waals surface area contributed by atoms with E-state index in [9.17, 15) is 18.0 Å². The minimum absolute atomic E-state index is 0.0239. The number of carbonyl (C=O) groups is 2. The number of sulfonamides is 1. The van der Waals surface area contributed by atoms with Crippen LogP contribution in [0.25, 0.3) is 10.8 Å². The monoisotopic (exact) mass is 440 g/mol. The number of anilines is 1. The lowest BCUT2D eigenvalue weighted by Crippen LogP contribution is -2.34. The van der Waals surface area contributed by atoms with Crippen molar-refractivity contribution < 1.29 is 22.7 Å². The maximum Gasteiger partial charge on any atom is 0.338 e. The smallest absolute Gasteiger partial charge is 0.338 e. The fourth-order valence-electron chi connectivity index (χ4n) is 3.21. The van der Waals surface area contributed by atoms with Crippen LogP contribution in [0.3, 0.4) is 0 Å². The summed E-state index contributed by atoms with van der Waals surface area (Å²) in [6, 6.07) is 19.0. The van der Waals surface area contributed by atoms with E-state index in [1.807, 2.05) is 49.4 Å². The molecule has 0 saturated carbocycles. The molecule has 3 rings (SSSR count). The Kier molecular flexibility index (Phi) is 6.72. The number of carbonyl (C=O) groups excluding carboxylic acids is 2. The van der Waals surface area contributed by atoms with Gasteiger partial charge in [-0.15, -0.1) is 0 Å². The van der Waals surface area contributed by atoms with Crippen LogP contribution >= 0.6 is 0 Å². The molecule has 0 fully saturated rings. The summed E-state index contributed by atoms with van der Waals surface area (Å²) in [6.07, 6.45) is 0. The Labute approximate surface area is 181 Å². The molecule has 0 aromatic heterocycles. The zero-order valence-corrected chi connectivity index (χ0v) is 18.4. The van der Waals surface area contributed by atoms with Crippen LogP contribution in [0.1, 0.15) is 17.3 Å². The third-order valence-electron chi connectivity index (χ3n) is 4.85. The van der Waals surface area contributed by atoms with Crippen molar-refractivity contribution in [2.75, 3.05) is 32.1 Å². The average Bonchev–Trinajstić information content (AvgIpc) is 2.78. The summed E-state index contributed by atoms with van der Waals surface area (Å²) >= 11 is 0. The van der Waals surface area contributed by atoms with Crippen LogP contribution in [0.4, 0.5) is 5.69 Å². The zero-order valence-electron chi connectivity index (χ0n) is 17.6. The van der Waals surface area contributed by atoms with E-state index in [1.165, 1.54) is 38.4 Å². The number of nitrogens with zero attached hydrogens (tertiary/aromatic N) is 2. The van der Waals surface area contributed by atoms with Gasteiger partial charge in [0.2, 0.25) is 10.0 Å². The third kappa shape index (κ3) is 4.76. The van der Waals surface area contributed by atoms with E-state index in [-0.39, 0.29) is 16.4 Å². The molecule has 3 aromatic rings. The molecule has 162 valence electrons. The quantitative estimate of drug-likeness (QED) is 0.527. The molecule has 0 aliphatic heterocycles. The van der Waals surface area contributed by atoms with Crippen molar-refractivity contribution in [3.05, 3.63) is 72.3 Å². The highest BCUT2D eigenvalue weighted by atomic mass is 32.2. The fourth-order valence-corrected chi connectivity index (χ4v) is 4.16. The molecule has 0 unspecified atom stereocenters. The SMILES string of the molecule is CCN(C(=O)COC(=O)c1cccc(S(=O)(=O)N(C)C)c1)c1cccc2ccccc12. The van der Waals surface area contributed by atoms with Crippen LogP contribution in [0.2, 0.25) is 0 Å². The lowest BCUT2D eigenvalue weighted by atomic mass is 10.1. The standard InChI is InChI=1S/C23H24N2O5S/c1-4-25(21-14-8-10-17-9-5-6-13-20(17)21)22(26)16-30-23(27)18-11-7-12-19(15-18)31(28,29)24(2)3/h5-15H,4,16H2,1-3H3. The summed E-state index contributed by atoms with van der Waals surface area (Å²) in [7, 11) is -0.871. The molecule has 0 radical (unpaired) electrons. The summed E-state index contributed by atoms with van der Waals surface area (Å²) in [5.74, 6) is -1.14. The van der Waals surface area contributed by atoms with Gasteiger partial charge in [0.05, 0.1) is 16.1 Å². The summed E-state index contributed by atoms with van der Waals surface area (Å²) in [4.78, 5) is 26.8. The van der Waals surface area contributed by atoms with E-state index in [4.69, 9.17) is 4.74 Å². The van der Waals surface area contributed by atoms with Crippen LogP contribution in [0.15, 0.2) is 71.6 Å². The number of hydrogen-bond acceptors (Lipinski definition) is 5. The molecule has 3 aromatic carbocycles. The van der Waals surface area contributed by atoms with E-state index in [0.29, 0.717) is 6.54 Å². The van der Waals surface area contributed by atoms with Crippen molar-refractivity contribution in [1.82, 2.24) is 4.31 Å². The lowest BCUT2D eigenvalue weighted by molar-refractivity contribution is -0.121. The molecule has 0 bridgehead atoms. The van der Waals surface area contributed by atoms with E-state index in [0.717, 1.165) is 20.8 Å². The van der Waals surface area contributed by atoms with Crippen molar-refractivity contribution in [3.8, 4) is 0 Å². The van der Waals surface area contributed by atoms with Crippen LogP contribution in [-0.4, -0.2) is 51.8 Å². The van der Waals surface area contributed by atoms with Gasteiger partial charge in [0.25, 0.3) is 5.91 Å². The van der Waals surface area contributed by atoms with Gasteiger partial charge in [-0.3, -0.25) is 4.79 Å². The Morgan fingerprint density at radius 2 is 1.61 bits per heavy atom. The Morgan fingerprint density at radius 1 is 0.935 bits per heavy atom. The van der Waals surface area contributed by atoms with Gasteiger partial charge < -0.3 is 9.64 Å². The van der Waals surface area contributed by atoms with Gasteiger partial charge in [0, 0.05) is 26.0 Å². The lowest BCUT2D eigenvalue weighted by Gasteiger charge is -2.22. The number of likely N-dealkylation sites (N-methyl/N-ethyl adjacent to an activating group) is 1. The van der Waals surface area contributed by atoms with Gasteiger partial charge in [-0.05, 0) is 36.6 Å². The summed E-state index contributed by atoms with van der Waals surface area (Å²) < 4.78 is 30.8. The molecule has 1 amide bonds. The second-order valence-electron chi connectivity index (χ2n) is 7.03. The van der Waals surface area contributed by atoms with Gasteiger partial charge in [0.15, 0.2) is 6.61 Å². The maximum atomic E-state index is 12.8. The second kappa shape index (κ2) is 9.28.